The summed E-state index contributed by atoms with van der Waals surface area (Å²) in [4.78, 5) is 42.1. The van der Waals surface area contributed by atoms with Crippen LogP contribution in [0.15, 0.2) is 48.5 Å². The smallest absolute Gasteiger partial charge is 0.258 e. The zero-order chi connectivity index (χ0) is 20.1. The van der Waals surface area contributed by atoms with Crippen molar-refractivity contribution < 1.29 is 14.4 Å². The molecule has 6 heteroatoms. The van der Waals surface area contributed by atoms with Gasteiger partial charge in [0.2, 0.25) is 11.8 Å². The minimum Gasteiger partial charge on any atom is -0.368 e. The highest BCUT2D eigenvalue weighted by Crippen LogP contribution is 2.46. The van der Waals surface area contributed by atoms with E-state index in [2.05, 4.69) is 0 Å². The molecule has 0 unspecified atom stereocenters. The van der Waals surface area contributed by atoms with Crippen LogP contribution in [-0.4, -0.2) is 30.3 Å². The molecule has 6 nitrogen and oxygen atoms in total. The monoisotopic (exact) mass is 389 g/mol. The van der Waals surface area contributed by atoms with Gasteiger partial charge in [-0.3, -0.25) is 19.3 Å². The molecule has 29 heavy (non-hydrogen) atoms. The molecule has 2 aromatic rings. The van der Waals surface area contributed by atoms with Crippen molar-refractivity contribution in [2.75, 3.05) is 16.3 Å². The summed E-state index contributed by atoms with van der Waals surface area (Å²) in [5.41, 5.74) is 8.75. The Labute approximate surface area is 169 Å². The molecular formula is C23H23N3O3. The summed E-state index contributed by atoms with van der Waals surface area (Å²) in [5.74, 6) is -0.689. The number of nitrogens with two attached hydrogens (primary N) is 1. The fourth-order valence-electron chi connectivity index (χ4n) is 4.85. The zero-order valence-corrected chi connectivity index (χ0v) is 16.1. The first-order chi connectivity index (χ1) is 14.1. The molecule has 0 bridgehead atoms. The number of hydrogen-bond acceptors (Lipinski definition) is 3. The molecule has 2 heterocycles. The Morgan fingerprint density at radius 3 is 2.41 bits per heavy atom. The second-order valence-electron chi connectivity index (χ2n) is 8.18. The third-order valence-electron chi connectivity index (χ3n) is 6.54. The molecule has 1 saturated carbocycles. The van der Waals surface area contributed by atoms with E-state index in [1.165, 1.54) is 0 Å². The lowest BCUT2D eigenvalue weighted by atomic mass is 9.77. The zero-order valence-electron chi connectivity index (χ0n) is 16.1. The SMILES string of the molecule is NC(=O)[C@@H]1C[C@H]2CN(c3ccccc3)C(=O)c3cccc(c32)N1C(=O)C1CCC1. The Bertz CT molecular complexity index is 1000. The van der Waals surface area contributed by atoms with Gasteiger partial charge in [0.05, 0.1) is 0 Å². The average molecular weight is 389 g/mol. The minimum atomic E-state index is -0.679. The summed E-state index contributed by atoms with van der Waals surface area (Å²) >= 11 is 0. The van der Waals surface area contributed by atoms with E-state index in [0.29, 0.717) is 24.2 Å². The molecule has 0 aromatic heterocycles. The van der Waals surface area contributed by atoms with Crippen LogP contribution in [0.1, 0.15) is 47.5 Å². The summed E-state index contributed by atoms with van der Waals surface area (Å²) in [6.45, 7) is 0.474. The van der Waals surface area contributed by atoms with Crippen LogP contribution in [0, 0.1) is 5.92 Å². The molecule has 2 aliphatic heterocycles. The Kier molecular flexibility index (Phi) is 4.15. The summed E-state index contributed by atoms with van der Waals surface area (Å²) in [5, 5.41) is 0. The number of carbonyl (C=O) groups excluding carboxylic acids is 3. The number of anilines is 2. The van der Waals surface area contributed by atoms with Gasteiger partial charge in [0.25, 0.3) is 5.91 Å². The molecule has 2 N–H and O–H groups in total. The van der Waals surface area contributed by atoms with Gasteiger partial charge in [0, 0.05) is 35.3 Å². The number of rotatable bonds is 3. The molecular weight excluding hydrogens is 366 g/mol. The maximum Gasteiger partial charge on any atom is 0.258 e. The van der Waals surface area contributed by atoms with Gasteiger partial charge in [-0.25, -0.2) is 0 Å². The van der Waals surface area contributed by atoms with Gasteiger partial charge in [0.15, 0.2) is 0 Å². The van der Waals surface area contributed by atoms with Crippen molar-refractivity contribution in [1.82, 2.24) is 0 Å². The average Bonchev–Trinajstić information content (AvgIpc) is 2.69. The molecule has 2 aromatic carbocycles. The molecule has 3 amide bonds. The van der Waals surface area contributed by atoms with Gasteiger partial charge in [-0.15, -0.1) is 0 Å². The van der Waals surface area contributed by atoms with Crippen LogP contribution in [0.25, 0.3) is 0 Å². The summed E-state index contributed by atoms with van der Waals surface area (Å²) < 4.78 is 0. The molecule has 0 spiro atoms. The Morgan fingerprint density at radius 2 is 1.76 bits per heavy atom. The highest BCUT2D eigenvalue weighted by atomic mass is 16.2. The van der Waals surface area contributed by atoms with E-state index in [1.54, 1.807) is 15.9 Å². The number of hydrogen-bond donors (Lipinski definition) is 1. The predicted molar refractivity (Wildman–Crippen MR) is 110 cm³/mol. The molecule has 2 atom stereocenters. The van der Waals surface area contributed by atoms with Crippen molar-refractivity contribution in [1.29, 1.82) is 0 Å². The van der Waals surface area contributed by atoms with Crippen molar-refractivity contribution >= 4 is 29.1 Å². The van der Waals surface area contributed by atoms with Crippen LogP contribution >= 0.6 is 0 Å². The van der Waals surface area contributed by atoms with Gasteiger partial charge in [-0.1, -0.05) is 30.7 Å². The van der Waals surface area contributed by atoms with Crippen LogP contribution in [0.4, 0.5) is 11.4 Å². The van der Waals surface area contributed by atoms with Crippen LogP contribution in [0.5, 0.6) is 0 Å². The molecule has 0 radical (unpaired) electrons. The van der Waals surface area contributed by atoms with Crippen molar-refractivity contribution in [2.24, 2.45) is 11.7 Å². The van der Waals surface area contributed by atoms with E-state index in [-0.39, 0.29) is 23.7 Å². The summed E-state index contributed by atoms with van der Waals surface area (Å²) in [6, 6.07) is 14.3. The summed E-state index contributed by atoms with van der Waals surface area (Å²) in [6.07, 6.45) is 3.17. The number of para-hydroxylation sites is 1. The van der Waals surface area contributed by atoms with E-state index in [9.17, 15) is 14.4 Å². The second kappa shape index (κ2) is 6.72. The van der Waals surface area contributed by atoms with Crippen LogP contribution in [-0.2, 0) is 9.59 Å². The minimum absolute atomic E-state index is 0.0372. The van der Waals surface area contributed by atoms with Gasteiger partial charge < -0.3 is 10.6 Å². The van der Waals surface area contributed by atoms with Gasteiger partial charge in [-0.2, -0.15) is 0 Å². The van der Waals surface area contributed by atoms with Crippen LogP contribution in [0.2, 0.25) is 0 Å². The molecule has 148 valence electrons. The molecule has 1 fully saturated rings. The van der Waals surface area contributed by atoms with E-state index < -0.39 is 11.9 Å². The quantitative estimate of drug-likeness (QED) is 0.876. The van der Waals surface area contributed by atoms with Gasteiger partial charge >= 0.3 is 0 Å². The first kappa shape index (κ1) is 17.9. The maximum atomic E-state index is 13.3. The van der Waals surface area contributed by atoms with Crippen LogP contribution in [0.3, 0.4) is 0 Å². The lowest BCUT2D eigenvalue weighted by Crippen LogP contribution is -2.56. The number of nitrogens with zero attached hydrogens (tertiary/aromatic N) is 2. The third kappa shape index (κ3) is 2.74. The maximum absolute atomic E-state index is 13.3. The van der Waals surface area contributed by atoms with Crippen LogP contribution < -0.4 is 15.5 Å². The summed E-state index contributed by atoms with van der Waals surface area (Å²) in [7, 11) is 0. The number of benzene rings is 2. The molecule has 1 aliphatic carbocycles. The topological polar surface area (TPSA) is 83.7 Å². The molecule has 0 saturated heterocycles. The molecule has 5 rings (SSSR count). The van der Waals surface area contributed by atoms with Gasteiger partial charge in [-0.05, 0) is 49.1 Å². The highest BCUT2D eigenvalue weighted by Gasteiger charge is 2.46. The molecule has 3 aliphatic rings. The first-order valence-corrected chi connectivity index (χ1v) is 10.2. The van der Waals surface area contributed by atoms with Crippen molar-refractivity contribution in [3.8, 4) is 0 Å². The van der Waals surface area contributed by atoms with Crippen molar-refractivity contribution in [3.63, 3.8) is 0 Å². The fraction of sp³-hybridized carbons (Fsp3) is 0.348. The number of carbonyl (C=O) groups is 3. The largest absolute Gasteiger partial charge is 0.368 e. The number of amides is 3. The second-order valence-corrected chi connectivity index (χ2v) is 8.18. The Morgan fingerprint density at radius 1 is 1.00 bits per heavy atom. The van der Waals surface area contributed by atoms with E-state index in [4.69, 9.17) is 5.73 Å². The van der Waals surface area contributed by atoms with Crippen molar-refractivity contribution in [2.45, 2.75) is 37.6 Å². The third-order valence-corrected chi connectivity index (χ3v) is 6.54. The fourth-order valence-corrected chi connectivity index (χ4v) is 4.85. The predicted octanol–water partition coefficient (Wildman–Crippen LogP) is 2.82. The lowest BCUT2D eigenvalue weighted by molar-refractivity contribution is -0.128. The van der Waals surface area contributed by atoms with E-state index in [0.717, 1.165) is 30.5 Å². The number of primary amides is 1. The standard InChI is InChI=1S/C23H23N3O3/c24-21(27)19-12-15-13-25(16-8-2-1-3-9-16)23(29)17-10-5-11-18(20(15)17)26(19)22(28)14-6-4-7-14/h1-3,5,8-11,14-15,19H,4,6-7,12-13H2,(H2,24,27)/t15-,19-/m0/s1. The first-order valence-electron chi connectivity index (χ1n) is 10.2. The lowest BCUT2D eigenvalue weighted by Gasteiger charge is -2.46. The van der Waals surface area contributed by atoms with E-state index in [1.807, 2.05) is 42.5 Å². The van der Waals surface area contributed by atoms with E-state index >= 15 is 0 Å². The Hall–Kier alpha value is -3.15. The Balaban J connectivity index is 1.62. The van der Waals surface area contributed by atoms with Crippen molar-refractivity contribution in [3.05, 3.63) is 59.7 Å². The highest BCUT2D eigenvalue weighted by molar-refractivity contribution is 6.12. The van der Waals surface area contributed by atoms with Gasteiger partial charge in [0.1, 0.15) is 6.04 Å². The normalized spacial score (nSPS) is 23.4.